The van der Waals surface area contributed by atoms with E-state index in [2.05, 4.69) is 10.3 Å². The Morgan fingerprint density at radius 1 is 0.893 bits per heavy atom. The van der Waals surface area contributed by atoms with Crippen LogP contribution in [0.2, 0.25) is 0 Å². The van der Waals surface area contributed by atoms with E-state index in [0.717, 1.165) is 33.5 Å². The Bertz CT molecular complexity index is 1270. The maximum absolute atomic E-state index is 12.7. The van der Waals surface area contributed by atoms with Crippen LogP contribution in [0.5, 0.6) is 0 Å². The number of anilines is 1. The van der Waals surface area contributed by atoms with Crippen LogP contribution in [-0.4, -0.2) is 19.9 Å². The minimum atomic E-state index is -0.0717. The molecule has 1 N–H and O–H groups in total. The number of nitrogens with one attached hydrogen (secondary N) is 1. The summed E-state index contributed by atoms with van der Waals surface area (Å²) in [6.45, 7) is 0.257. The lowest BCUT2D eigenvalue weighted by Gasteiger charge is -2.10. The molecule has 0 unspecified atom stereocenters. The van der Waals surface area contributed by atoms with Gasteiger partial charge in [-0.2, -0.15) is 0 Å². The second kappa shape index (κ2) is 6.70. The molecule has 136 valence electrons. The fourth-order valence-corrected chi connectivity index (χ4v) is 3.50. The lowest BCUT2D eigenvalue weighted by Crippen LogP contribution is -2.18. The molecule has 5 heteroatoms. The number of hydrogen-bond donors (Lipinski definition) is 1. The molecule has 5 nitrogen and oxygen atoms in total. The van der Waals surface area contributed by atoms with E-state index < -0.39 is 0 Å². The Hall–Kier alpha value is -3.86. The number of pyridine rings is 1. The van der Waals surface area contributed by atoms with Crippen molar-refractivity contribution in [3.8, 4) is 11.3 Å². The van der Waals surface area contributed by atoms with Gasteiger partial charge >= 0.3 is 0 Å². The van der Waals surface area contributed by atoms with Crippen LogP contribution >= 0.6 is 0 Å². The zero-order valence-corrected chi connectivity index (χ0v) is 15.1. The second-order valence-corrected chi connectivity index (χ2v) is 6.69. The molecule has 5 aromatic rings. The summed E-state index contributed by atoms with van der Waals surface area (Å²) >= 11 is 0. The lowest BCUT2D eigenvalue weighted by atomic mass is 10.1. The van der Waals surface area contributed by atoms with Crippen molar-refractivity contribution in [2.45, 2.75) is 6.54 Å². The van der Waals surface area contributed by atoms with E-state index in [1.54, 1.807) is 0 Å². The molecule has 28 heavy (non-hydrogen) atoms. The predicted octanol–water partition coefficient (Wildman–Crippen LogP) is 4.59. The molecule has 0 saturated carbocycles. The number of hydrogen-bond acceptors (Lipinski definition) is 2. The van der Waals surface area contributed by atoms with Gasteiger partial charge in [0, 0.05) is 29.7 Å². The summed E-state index contributed by atoms with van der Waals surface area (Å²) < 4.78 is 3.93. The van der Waals surface area contributed by atoms with Crippen molar-refractivity contribution >= 4 is 28.1 Å². The summed E-state index contributed by atoms with van der Waals surface area (Å²) in [4.78, 5) is 17.4. The van der Waals surface area contributed by atoms with Crippen LogP contribution in [0.1, 0.15) is 0 Å². The van der Waals surface area contributed by atoms with Crippen molar-refractivity contribution < 1.29 is 4.79 Å². The summed E-state index contributed by atoms with van der Waals surface area (Å²) in [5.41, 5.74) is 4.40. The van der Waals surface area contributed by atoms with Gasteiger partial charge in [0.15, 0.2) is 0 Å². The Balaban J connectivity index is 1.43. The molecule has 3 heterocycles. The van der Waals surface area contributed by atoms with E-state index in [4.69, 9.17) is 0 Å². The first-order valence-corrected chi connectivity index (χ1v) is 9.15. The fraction of sp³-hybridized carbons (Fsp3) is 0.0435. The first-order chi connectivity index (χ1) is 13.8. The molecule has 5 rings (SSSR count). The molecule has 3 aromatic heterocycles. The van der Waals surface area contributed by atoms with Crippen molar-refractivity contribution in [2.24, 2.45) is 0 Å². The van der Waals surface area contributed by atoms with E-state index in [1.165, 1.54) is 0 Å². The van der Waals surface area contributed by atoms with Gasteiger partial charge in [0.1, 0.15) is 12.2 Å². The van der Waals surface area contributed by atoms with Gasteiger partial charge in [-0.3, -0.25) is 4.79 Å². The molecule has 0 aliphatic rings. The Morgan fingerprint density at radius 2 is 1.71 bits per heavy atom. The van der Waals surface area contributed by atoms with Gasteiger partial charge in [0.05, 0.1) is 11.4 Å². The number of carbonyl (C=O) groups is 1. The molecule has 0 fully saturated rings. The van der Waals surface area contributed by atoms with Crippen molar-refractivity contribution in [3.05, 3.63) is 91.4 Å². The number of imidazole rings is 1. The lowest BCUT2D eigenvalue weighted by molar-refractivity contribution is -0.116. The molecule has 0 bridgehead atoms. The smallest absolute Gasteiger partial charge is 0.244 e. The highest BCUT2D eigenvalue weighted by Crippen LogP contribution is 2.27. The summed E-state index contributed by atoms with van der Waals surface area (Å²) in [6, 6.07) is 23.7. The van der Waals surface area contributed by atoms with Crippen molar-refractivity contribution in [2.75, 3.05) is 5.32 Å². The minimum absolute atomic E-state index is 0.0717. The zero-order chi connectivity index (χ0) is 18.9. The molecule has 0 aliphatic carbocycles. The van der Waals surface area contributed by atoms with Gasteiger partial charge in [-0.15, -0.1) is 0 Å². The van der Waals surface area contributed by atoms with Crippen molar-refractivity contribution in [1.29, 1.82) is 0 Å². The molecule has 2 aromatic carbocycles. The third-order valence-electron chi connectivity index (χ3n) is 4.84. The Morgan fingerprint density at radius 3 is 2.64 bits per heavy atom. The third kappa shape index (κ3) is 2.93. The number of aromatic nitrogens is 3. The van der Waals surface area contributed by atoms with Crippen molar-refractivity contribution in [3.63, 3.8) is 0 Å². The SMILES string of the molecule is O=C(Cn1ccc2ccccc21)Nc1ccccc1-c1cn2ccccc2n1. The topological polar surface area (TPSA) is 51.3 Å². The molecule has 0 spiro atoms. The van der Waals surface area contributed by atoms with Crippen LogP contribution in [0, 0.1) is 0 Å². The van der Waals surface area contributed by atoms with Crippen LogP contribution in [0.4, 0.5) is 5.69 Å². The highest BCUT2D eigenvalue weighted by Gasteiger charge is 2.12. The number of carbonyl (C=O) groups excluding carboxylic acids is 1. The van der Waals surface area contributed by atoms with Crippen molar-refractivity contribution in [1.82, 2.24) is 14.0 Å². The monoisotopic (exact) mass is 366 g/mol. The molecular weight excluding hydrogens is 348 g/mol. The molecule has 0 aliphatic heterocycles. The van der Waals surface area contributed by atoms with Gasteiger partial charge in [0.25, 0.3) is 0 Å². The van der Waals surface area contributed by atoms with E-state index in [9.17, 15) is 4.79 Å². The number of nitrogens with zero attached hydrogens (tertiary/aromatic N) is 3. The van der Waals surface area contributed by atoms with Gasteiger partial charge in [-0.05, 0) is 35.7 Å². The van der Waals surface area contributed by atoms with Gasteiger partial charge < -0.3 is 14.3 Å². The van der Waals surface area contributed by atoms with Crippen LogP contribution in [0.25, 0.3) is 27.8 Å². The van der Waals surface area contributed by atoms with Crippen LogP contribution in [0.15, 0.2) is 91.4 Å². The third-order valence-corrected chi connectivity index (χ3v) is 4.84. The maximum Gasteiger partial charge on any atom is 0.244 e. The summed E-state index contributed by atoms with van der Waals surface area (Å²) in [5.74, 6) is -0.0717. The van der Waals surface area contributed by atoms with E-state index >= 15 is 0 Å². The molecule has 0 radical (unpaired) electrons. The predicted molar refractivity (Wildman–Crippen MR) is 111 cm³/mol. The molecular formula is C23H18N4O. The number of amides is 1. The second-order valence-electron chi connectivity index (χ2n) is 6.69. The number of benzene rings is 2. The van der Waals surface area contributed by atoms with Crippen LogP contribution in [0.3, 0.4) is 0 Å². The number of fused-ring (bicyclic) bond motifs is 2. The van der Waals surface area contributed by atoms with E-state index in [0.29, 0.717) is 0 Å². The molecule has 1 amide bonds. The average molecular weight is 366 g/mol. The largest absolute Gasteiger partial charge is 0.338 e. The minimum Gasteiger partial charge on any atom is -0.338 e. The molecule has 0 saturated heterocycles. The van der Waals surface area contributed by atoms with Crippen LogP contribution < -0.4 is 5.32 Å². The normalized spacial score (nSPS) is 11.1. The first kappa shape index (κ1) is 16.3. The highest BCUT2D eigenvalue weighted by atomic mass is 16.1. The van der Waals surface area contributed by atoms with Crippen LogP contribution in [-0.2, 0) is 11.3 Å². The quantitative estimate of drug-likeness (QED) is 0.506. The van der Waals surface area contributed by atoms with E-state index in [-0.39, 0.29) is 12.5 Å². The number of rotatable bonds is 4. The summed E-state index contributed by atoms with van der Waals surface area (Å²) in [7, 11) is 0. The number of para-hydroxylation sites is 2. The zero-order valence-electron chi connectivity index (χ0n) is 15.1. The van der Waals surface area contributed by atoms with Gasteiger partial charge in [-0.1, -0.05) is 42.5 Å². The summed E-state index contributed by atoms with van der Waals surface area (Å²) in [5, 5.41) is 4.17. The highest BCUT2D eigenvalue weighted by molar-refractivity contribution is 5.96. The first-order valence-electron chi connectivity index (χ1n) is 9.15. The van der Waals surface area contributed by atoms with E-state index in [1.807, 2.05) is 100 Å². The molecule has 0 atom stereocenters. The Labute approximate surface area is 161 Å². The fourth-order valence-electron chi connectivity index (χ4n) is 3.50. The Kier molecular flexibility index (Phi) is 3.91. The van der Waals surface area contributed by atoms with Gasteiger partial charge in [-0.25, -0.2) is 4.98 Å². The van der Waals surface area contributed by atoms with Gasteiger partial charge in [0.2, 0.25) is 5.91 Å². The summed E-state index contributed by atoms with van der Waals surface area (Å²) in [6.07, 6.45) is 5.88. The average Bonchev–Trinajstić information content (AvgIpc) is 3.33. The standard InChI is InChI=1S/C23H18N4O/c28-23(16-26-14-12-17-7-1-4-10-21(17)26)25-19-9-3-2-8-18(19)20-15-27-13-6-5-11-22(27)24-20/h1-15H,16H2,(H,25,28). The maximum atomic E-state index is 12.7.